The van der Waals surface area contributed by atoms with Crippen LogP contribution in [0.5, 0.6) is 0 Å². The average molecular weight is 453 g/mol. The van der Waals surface area contributed by atoms with E-state index in [-0.39, 0.29) is 22.3 Å². The molecular formula is C22H24N6O3S. The fraction of sp³-hybridized carbons (Fsp3) is 0.364. The molecule has 0 bridgehead atoms. The molecule has 0 radical (unpaired) electrons. The van der Waals surface area contributed by atoms with Gasteiger partial charge in [0.1, 0.15) is 10.6 Å². The Morgan fingerprint density at radius 3 is 2.50 bits per heavy atom. The van der Waals surface area contributed by atoms with E-state index in [1.807, 2.05) is 0 Å². The zero-order chi connectivity index (χ0) is 22.1. The first-order valence-corrected chi connectivity index (χ1v) is 12.2. The van der Waals surface area contributed by atoms with Gasteiger partial charge in [0.15, 0.2) is 5.82 Å². The van der Waals surface area contributed by atoms with Crippen LogP contribution in [0.4, 0.5) is 5.82 Å². The number of fused-ring (bicyclic) bond motifs is 1. The number of aromatic nitrogens is 3. The third kappa shape index (κ3) is 4.42. The third-order valence-electron chi connectivity index (χ3n) is 5.87. The van der Waals surface area contributed by atoms with E-state index in [0.717, 1.165) is 30.9 Å². The number of para-hydroxylation sites is 1. The van der Waals surface area contributed by atoms with Crippen molar-refractivity contribution in [3.8, 4) is 0 Å². The molecule has 0 unspecified atom stereocenters. The van der Waals surface area contributed by atoms with E-state index in [9.17, 15) is 13.2 Å². The van der Waals surface area contributed by atoms with Crippen molar-refractivity contribution in [1.29, 1.82) is 0 Å². The molecule has 1 saturated carbocycles. The number of anilines is 1. The van der Waals surface area contributed by atoms with Crippen LogP contribution in [0.15, 0.2) is 53.8 Å². The summed E-state index contributed by atoms with van der Waals surface area (Å²) in [5, 5.41) is 0.722. The molecule has 1 saturated heterocycles. The number of pyridine rings is 1. The van der Waals surface area contributed by atoms with Gasteiger partial charge < -0.3 is 4.90 Å². The predicted molar refractivity (Wildman–Crippen MR) is 120 cm³/mol. The second kappa shape index (κ2) is 8.44. The van der Waals surface area contributed by atoms with E-state index in [4.69, 9.17) is 0 Å². The Morgan fingerprint density at radius 1 is 1.00 bits per heavy atom. The first-order chi connectivity index (χ1) is 15.5. The number of hydrogen-bond donors (Lipinski definition) is 1. The monoisotopic (exact) mass is 452 g/mol. The highest BCUT2D eigenvalue weighted by Crippen LogP contribution is 2.30. The molecule has 1 amide bonds. The van der Waals surface area contributed by atoms with Crippen LogP contribution in [0.1, 0.15) is 23.3 Å². The van der Waals surface area contributed by atoms with Crippen LogP contribution in [0.3, 0.4) is 0 Å². The molecule has 1 N–H and O–H groups in total. The molecule has 2 aromatic heterocycles. The number of sulfonamides is 1. The summed E-state index contributed by atoms with van der Waals surface area (Å²) in [5.41, 5.74) is 0.582. The maximum absolute atomic E-state index is 12.9. The van der Waals surface area contributed by atoms with Gasteiger partial charge in [0, 0.05) is 44.3 Å². The van der Waals surface area contributed by atoms with Gasteiger partial charge in [-0.3, -0.25) is 19.4 Å². The second-order valence-electron chi connectivity index (χ2n) is 8.26. The van der Waals surface area contributed by atoms with Gasteiger partial charge in [0.2, 0.25) is 0 Å². The van der Waals surface area contributed by atoms with Gasteiger partial charge in [-0.25, -0.2) is 18.4 Å². The Kier molecular flexibility index (Phi) is 5.48. The fourth-order valence-electron chi connectivity index (χ4n) is 3.94. The molecule has 166 valence electrons. The summed E-state index contributed by atoms with van der Waals surface area (Å²) >= 11 is 0. The zero-order valence-electron chi connectivity index (χ0n) is 17.5. The van der Waals surface area contributed by atoms with Crippen molar-refractivity contribution >= 4 is 32.7 Å². The normalized spacial score (nSPS) is 17.4. The van der Waals surface area contributed by atoms with Crippen molar-refractivity contribution in [2.24, 2.45) is 5.92 Å². The summed E-state index contributed by atoms with van der Waals surface area (Å²) in [6.45, 7) is 4.19. The molecule has 1 aliphatic carbocycles. The summed E-state index contributed by atoms with van der Waals surface area (Å²) in [7, 11) is -3.92. The number of carbonyl (C=O) groups excluding carboxylic acids is 1. The van der Waals surface area contributed by atoms with Crippen LogP contribution in [-0.4, -0.2) is 71.8 Å². The third-order valence-corrected chi connectivity index (χ3v) is 7.25. The van der Waals surface area contributed by atoms with Crippen LogP contribution < -0.4 is 4.72 Å². The van der Waals surface area contributed by atoms with E-state index in [0.29, 0.717) is 18.6 Å². The summed E-state index contributed by atoms with van der Waals surface area (Å²) in [5.74, 6) is 0.698. The molecule has 5 rings (SSSR count). The van der Waals surface area contributed by atoms with Crippen LogP contribution in [-0.2, 0) is 10.0 Å². The van der Waals surface area contributed by atoms with E-state index in [1.54, 1.807) is 35.4 Å². The van der Waals surface area contributed by atoms with Gasteiger partial charge in [0.25, 0.3) is 15.9 Å². The van der Waals surface area contributed by atoms with Crippen molar-refractivity contribution in [2.75, 3.05) is 37.4 Å². The molecule has 3 heterocycles. The second-order valence-corrected chi connectivity index (χ2v) is 9.91. The Labute approximate surface area is 186 Å². The maximum atomic E-state index is 12.9. The first-order valence-electron chi connectivity index (χ1n) is 10.7. The lowest BCUT2D eigenvalue weighted by Gasteiger charge is -2.34. The molecule has 2 aliphatic rings. The lowest BCUT2D eigenvalue weighted by atomic mass is 10.2. The van der Waals surface area contributed by atoms with Crippen LogP contribution >= 0.6 is 0 Å². The molecule has 3 aromatic rings. The molecule has 2 fully saturated rings. The Balaban J connectivity index is 1.26. The number of benzene rings is 1. The smallest absolute Gasteiger partial charge is 0.274 e. The maximum Gasteiger partial charge on any atom is 0.274 e. The highest BCUT2D eigenvalue weighted by molar-refractivity contribution is 7.93. The number of hydrogen-bond acceptors (Lipinski definition) is 7. The molecule has 1 aliphatic heterocycles. The van der Waals surface area contributed by atoms with Gasteiger partial charge in [-0.05, 0) is 30.9 Å². The highest BCUT2D eigenvalue weighted by atomic mass is 32.2. The largest absolute Gasteiger partial charge is 0.335 e. The summed E-state index contributed by atoms with van der Waals surface area (Å²) in [4.78, 5) is 29.5. The van der Waals surface area contributed by atoms with Crippen molar-refractivity contribution in [3.05, 3.63) is 54.6 Å². The number of amides is 1. The molecule has 10 heteroatoms. The molecule has 0 atom stereocenters. The molecule has 32 heavy (non-hydrogen) atoms. The van der Waals surface area contributed by atoms with E-state index in [2.05, 4.69) is 24.6 Å². The summed E-state index contributed by atoms with van der Waals surface area (Å²) in [6.07, 6.45) is 6.78. The van der Waals surface area contributed by atoms with Crippen LogP contribution in [0.25, 0.3) is 10.9 Å². The van der Waals surface area contributed by atoms with E-state index >= 15 is 0 Å². The number of piperazine rings is 1. The number of carbonyl (C=O) groups is 1. The first kappa shape index (κ1) is 20.8. The van der Waals surface area contributed by atoms with Crippen molar-refractivity contribution in [1.82, 2.24) is 24.8 Å². The van der Waals surface area contributed by atoms with Gasteiger partial charge in [-0.2, -0.15) is 0 Å². The predicted octanol–water partition coefficient (Wildman–Crippen LogP) is 1.99. The highest BCUT2D eigenvalue weighted by Gasteiger charge is 2.28. The Hall–Kier alpha value is -3.11. The van der Waals surface area contributed by atoms with Crippen LogP contribution in [0.2, 0.25) is 0 Å². The number of nitrogens with zero attached hydrogens (tertiary/aromatic N) is 5. The molecule has 1 aromatic carbocycles. The molecule has 0 spiro atoms. The summed E-state index contributed by atoms with van der Waals surface area (Å²) < 4.78 is 28.2. The van der Waals surface area contributed by atoms with Gasteiger partial charge >= 0.3 is 0 Å². The topological polar surface area (TPSA) is 108 Å². The molecular weight excluding hydrogens is 428 g/mol. The minimum absolute atomic E-state index is 0.0451. The number of nitrogens with one attached hydrogen (secondary N) is 1. The van der Waals surface area contributed by atoms with Crippen LogP contribution in [0, 0.1) is 5.92 Å². The minimum Gasteiger partial charge on any atom is -0.335 e. The Bertz CT molecular complexity index is 1230. The van der Waals surface area contributed by atoms with Gasteiger partial charge in [-0.15, -0.1) is 0 Å². The zero-order valence-corrected chi connectivity index (χ0v) is 18.3. The van der Waals surface area contributed by atoms with Gasteiger partial charge in [0.05, 0.1) is 17.9 Å². The summed E-state index contributed by atoms with van der Waals surface area (Å²) in [6, 6.07) is 8.50. The lowest BCUT2D eigenvalue weighted by molar-refractivity contribution is 0.0626. The quantitative estimate of drug-likeness (QED) is 0.609. The van der Waals surface area contributed by atoms with Gasteiger partial charge in [-0.1, -0.05) is 18.2 Å². The lowest BCUT2D eigenvalue weighted by Crippen LogP contribution is -2.49. The van der Waals surface area contributed by atoms with E-state index < -0.39 is 10.0 Å². The standard InChI is InChI=1S/C22H24N6O3S/c29-22(28-11-9-27(10-12-28)15-16-6-7-16)18-13-25-20(14-24-18)26-32(30,31)19-5-1-3-17-4-2-8-23-21(17)19/h1-5,8,13-14,16H,6-7,9-12,15H2,(H,25,26). The Morgan fingerprint density at radius 2 is 1.78 bits per heavy atom. The minimum atomic E-state index is -3.92. The molecule has 9 nitrogen and oxygen atoms in total. The van der Waals surface area contributed by atoms with Crippen molar-refractivity contribution in [2.45, 2.75) is 17.7 Å². The average Bonchev–Trinajstić information content (AvgIpc) is 3.63. The van der Waals surface area contributed by atoms with Crippen molar-refractivity contribution in [3.63, 3.8) is 0 Å². The van der Waals surface area contributed by atoms with Crippen molar-refractivity contribution < 1.29 is 13.2 Å². The van der Waals surface area contributed by atoms with E-state index in [1.165, 1.54) is 31.3 Å². The number of rotatable bonds is 6. The SMILES string of the molecule is O=C(c1cnc(NS(=O)(=O)c2cccc3cccnc23)cn1)N1CCN(CC2CC2)CC1. The fourth-order valence-corrected chi connectivity index (χ4v) is 5.11.